The number of aliphatic hydroxyl groups is 1. The van der Waals surface area contributed by atoms with E-state index < -0.39 is 5.60 Å². The van der Waals surface area contributed by atoms with Crippen LogP contribution < -0.4 is 5.32 Å². The molecule has 2 N–H and O–H groups in total. The molecule has 1 aromatic heterocycles. The SMILES string of the molecule is Cc1nn(C(C)(C)C)cc1C(C)NCC1(O)CCCC1. The summed E-state index contributed by atoms with van der Waals surface area (Å²) in [4.78, 5) is 0. The average Bonchev–Trinajstić information content (AvgIpc) is 2.93. The van der Waals surface area contributed by atoms with Gasteiger partial charge in [0.1, 0.15) is 0 Å². The van der Waals surface area contributed by atoms with Crippen molar-refractivity contribution >= 4 is 0 Å². The maximum absolute atomic E-state index is 10.4. The first-order valence-corrected chi connectivity index (χ1v) is 7.74. The lowest BCUT2D eigenvalue weighted by Crippen LogP contribution is -2.39. The van der Waals surface area contributed by atoms with Gasteiger partial charge < -0.3 is 10.4 Å². The first-order valence-electron chi connectivity index (χ1n) is 7.74. The zero-order valence-corrected chi connectivity index (χ0v) is 13.5. The Hall–Kier alpha value is -0.870. The van der Waals surface area contributed by atoms with Crippen LogP contribution in [-0.4, -0.2) is 27.0 Å². The highest BCUT2D eigenvalue weighted by molar-refractivity contribution is 5.20. The summed E-state index contributed by atoms with van der Waals surface area (Å²) in [5.41, 5.74) is 1.80. The molecule has 1 saturated carbocycles. The van der Waals surface area contributed by atoms with Crippen LogP contribution in [0, 0.1) is 6.92 Å². The lowest BCUT2D eigenvalue weighted by molar-refractivity contribution is 0.0453. The Morgan fingerprint density at radius 2 is 2.00 bits per heavy atom. The monoisotopic (exact) mass is 279 g/mol. The number of hydrogen-bond donors (Lipinski definition) is 2. The van der Waals surface area contributed by atoms with E-state index >= 15 is 0 Å². The first kappa shape index (κ1) is 15.5. The van der Waals surface area contributed by atoms with Crippen molar-refractivity contribution in [3.8, 4) is 0 Å². The lowest BCUT2D eigenvalue weighted by atomic mass is 10.0. The second-order valence-corrected chi connectivity index (χ2v) is 7.32. The van der Waals surface area contributed by atoms with Gasteiger partial charge in [0, 0.05) is 24.3 Å². The van der Waals surface area contributed by atoms with Crippen LogP contribution in [0.1, 0.15) is 70.7 Å². The minimum absolute atomic E-state index is 0.00633. The fraction of sp³-hybridized carbons (Fsp3) is 0.812. The molecule has 1 aromatic rings. The Kier molecular flexibility index (Phi) is 4.26. The topological polar surface area (TPSA) is 50.1 Å². The summed E-state index contributed by atoms with van der Waals surface area (Å²) in [6.07, 6.45) is 6.27. The highest BCUT2D eigenvalue weighted by Gasteiger charge is 2.31. The molecule has 1 aliphatic rings. The minimum atomic E-state index is -0.498. The highest BCUT2D eigenvalue weighted by atomic mass is 16.3. The van der Waals surface area contributed by atoms with Crippen LogP contribution in [0.2, 0.25) is 0 Å². The van der Waals surface area contributed by atoms with E-state index in [2.05, 4.69) is 51.2 Å². The highest BCUT2D eigenvalue weighted by Crippen LogP contribution is 2.29. The standard InChI is InChI=1S/C16H29N3O/c1-12(17-11-16(20)8-6-7-9-16)14-10-19(15(3,4)5)18-13(14)2/h10,12,17,20H,6-9,11H2,1-5H3. The molecule has 4 nitrogen and oxygen atoms in total. The van der Waals surface area contributed by atoms with Crippen LogP contribution in [-0.2, 0) is 5.54 Å². The van der Waals surface area contributed by atoms with Crippen LogP contribution in [0.4, 0.5) is 0 Å². The van der Waals surface area contributed by atoms with Crippen molar-refractivity contribution in [3.05, 3.63) is 17.5 Å². The van der Waals surface area contributed by atoms with Gasteiger partial charge in [0.05, 0.1) is 16.8 Å². The molecule has 1 heterocycles. The number of nitrogens with zero attached hydrogens (tertiary/aromatic N) is 2. The summed E-state index contributed by atoms with van der Waals surface area (Å²) in [5, 5.41) is 18.5. The molecule has 0 amide bonds. The van der Waals surface area contributed by atoms with Gasteiger partial charge in [-0.05, 0) is 47.5 Å². The third-order valence-corrected chi connectivity index (χ3v) is 4.36. The molecule has 2 rings (SSSR count). The first-order chi connectivity index (χ1) is 9.21. The van der Waals surface area contributed by atoms with E-state index in [1.165, 1.54) is 5.56 Å². The summed E-state index contributed by atoms with van der Waals surface area (Å²) < 4.78 is 2.03. The number of aromatic nitrogens is 2. The molecule has 0 bridgehead atoms. The molecule has 1 atom stereocenters. The molecule has 1 unspecified atom stereocenters. The van der Waals surface area contributed by atoms with Crippen molar-refractivity contribution in [3.63, 3.8) is 0 Å². The predicted octanol–water partition coefficient (Wildman–Crippen LogP) is 2.90. The van der Waals surface area contributed by atoms with Crippen LogP contribution in [0.15, 0.2) is 6.20 Å². The van der Waals surface area contributed by atoms with Crippen molar-refractivity contribution in [2.75, 3.05) is 6.54 Å². The predicted molar refractivity (Wildman–Crippen MR) is 81.8 cm³/mol. The largest absolute Gasteiger partial charge is 0.389 e. The smallest absolute Gasteiger partial charge is 0.0771 e. The second-order valence-electron chi connectivity index (χ2n) is 7.32. The Morgan fingerprint density at radius 1 is 1.40 bits per heavy atom. The third-order valence-electron chi connectivity index (χ3n) is 4.36. The van der Waals surface area contributed by atoms with Gasteiger partial charge in [-0.15, -0.1) is 0 Å². The van der Waals surface area contributed by atoms with Gasteiger partial charge in [-0.3, -0.25) is 4.68 Å². The Balaban J connectivity index is 2.02. The maximum Gasteiger partial charge on any atom is 0.0771 e. The molecule has 1 fully saturated rings. The van der Waals surface area contributed by atoms with E-state index in [1.54, 1.807) is 0 Å². The molecule has 0 saturated heterocycles. The molecule has 1 aliphatic carbocycles. The Labute approximate surface area is 122 Å². The zero-order chi connectivity index (χ0) is 15.0. The molecule has 4 heteroatoms. The summed E-state index contributed by atoms with van der Waals surface area (Å²) in [7, 11) is 0. The zero-order valence-electron chi connectivity index (χ0n) is 13.5. The molecule has 0 aliphatic heterocycles. The Bertz CT molecular complexity index is 453. The van der Waals surface area contributed by atoms with Crippen molar-refractivity contribution in [2.45, 2.75) is 77.5 Å². The van der Waals surface area contributed by atoms with E-state index in [9.17, 15) is 5.11 Å². The third kappa shape index (κ3) is 3.41. The van der Waals surface area contributed by atoms with Crippen LogP contribution in [0.3, 0.4) is 0 Å². The maximum atomic E-state index is 10.4. The summed E-state index contributed by atoms with van der Waals surface area (Å²) in [5.74, 6) is 0. The summed E-state index contributed by atoms with van der Waals surface area (Å²) >= 11 is 0. The summed E-state index contributed by atoms with van der Waals surface area (Å²) in [6.45, 7) is 11.3. The van der Waals surface area contributed by atoms with Crippen LogP contribution in [0.5, 0.6) is 0 Å². The van der Waals surface area contributed by atoms with Crippen LogP contribution >= 0.6 is 0 Å². The van der Waals surface area contributed by atoms with Gasteiger partial charge in [-0.2, -0.15) is 5.10 Å². The van der Waals surface area contributed by atoms with Crippen molar-refractivity contribution < 1.29 is 5.11 Å². The molecule has 20 heavy (non-hydrogen) atoms. The molecular weight excluding hydrogens is 250 g/mol. The number of rotatable bonds is 4. The van der Waals surface area contributed by atoms with Crippen LogP contribution in [0.25, 0.3) is 0 Å². The number of aryl methyl sites for hydroxylation is 1. The summed E-state index contributed by atoms with van der Waals surface area (Å²) in [6, 6.07) is 0.218. The van der Waals surface area contributed by atoms with Gasteiger partial charge in [0.15, 0.2) is 0 Å². The molecule has 0 radical (unpaired) electrons. The van der Waals surface area contributed by atoms with E-state index in [1.807, 2.05) is 4.68 Å². The van der Waals surface area contributed by atoms with Gasteiger partial charge in [-0.1, -0.05) is 12.8 Å². The van der Waals surface area contributed by atoms with E-state index in [4.69, 9.17) is 0 Å². The van der Waals surface area contributed by atoms with Gasteiger partial charge in [-0.25, -0.2) is 0 Å². The van der Waals surface area contributed by atoms with Gasteiger partial charge >= 0.3 is 0 Å². The Morgan fingerprint density at radius 3 is 2.50 bits per heavy atom. The molecular formula is C16H29N3O. The van der Waals surface area contributed by atoms with E-state index in [-0.39, 0.29) is 11.6 Å². The minimum Gasteiger partial charge on any atom is -0.389 e. The molecule has 0 spiro atoms. The van der Waals surface area contributed by atoms with Crippen molar-refractivity contribution in [2.24, 2.45) is 0 Å². The van der Waals surface area contributed by atoms with Crippen molar-refractivity contribution in [1.29, 1.82) is 0 Å². The fourth-order valence-electron chi connectivity index (χ4n) is 2.91. The lowest BCUT2D eigenvalue weighted by Gasteiger charge is -2.25. The van der Waals surface area contributed by atoms with E-state index in [0.29, 0.717) is 6.54 Å². The number of hydrogen-bond acceptors (Lipinski definition) is 3. The van der Waals surface area contributed by atoms with E-state index in [0.717, 1.165) is 31.4 Å². The normalized spacial score (nSPS) is 20.3. The van der Waals surface area contributed by atoms with Gasteiger partial charge in [0.2, 0.25) is 0 Å². The van der Waals surface area contributed by atoms with Crippen molar-refractivity contribution in [1.82, 2.24) is 15.1 Å². The average molecular weight is 279 g/mol. The molecule has 0 aromatic carbocycles. The van der Waals surface area contributed by atoms with Gasteiger partial charge in [0.25, 0.3) is 0 Å². The number of nitrogens with one attached hydrogen (secondary N) is 1. The quantitative estimate of drug-likeness (QED) is 0.891. The second kappa shape index (κ2) is 5.49. The fourth-order valence-corrected chi connectivity index (χ4v) is 2.91. The molecule has 114 valence electrons.